The van der Waals surface area contributed by atoms with Gasteiger partial charge in [0.25, 0.3) is 5.91 Å². The van der Waals surface area contributed by atoms with Crippen LogP contribution in [0.25, 0.3) is 11.3 Å². The van der Waals surface area contributed by atoms with Crippen LogP contribution in [0.4, 0.5) is 5.69 Å². The number of fused-ring (bicyclic) bond motifs is 1. The van der Waals surface area contributed by atoms with E-state index in [2.05, 4.69) is 0 Å². The van der Waals surface area contributed by atoms with Crippen molar-refractivity contribution in [2.45, 2.75) is 0 Å². The molecule has 2 heterocycles. The molecule has 4 aromatic rings. The van der Waals surface area contributed by atoms with Gasteiger partial charge in [0, 0.05) is 23.0 Å². The summed E-state index contributed by atoms with van der Waals surface area (Å²) in [5.41, 5.74) is 6.20. The molecule has 0 saturated carbocycles. The van der Waals surface area contributed by atoms with Gasteiger partial charge >= 0.3 is 0 Å². The Hall–Kier alpha value is -5.50. The summed E-state index contributed by atoms with van der Waals surface area (Å²) in [6.07, 6.45) is 1.87. The number of hydrogen-bond acceptors (Lipinski definition) is 7. The van der Waals surface area contributed by atoms with Crippen LogP contribution in [0.2, 0.25) is 0 Å². The van der Waals surface area contributed by atoms with Gasteiger partial charge in [0.2, 0.25) is 5.84 Å². The molecular formula is C35H31N3O5. The second-order valence-electron chi connectivity index (χ2n) is 9.87. The molecule has 0 aromatic heterocycles. The van der Waals surface area contributed by atoms with Crippen LogP contribution >= 0.6 is 0 Å². The summed E-state index contributed by atoms with van der Waals surface area (Å²) >= 11 is 0. The molecule has 0 unspecified atom stereocenters. The van der Waals surface area contributed by atoms with Crippen molar-refractivity contribution >= 4 is 28.7 Å². The molecule has 216 valence electrons. The van der Waals surface area contributed by atoms with Crippen molar-refractivity contribution in [3.8, 4) is 23.0 Å². The molecule has 0 aliphatic carbocycles. The molecule has 43 heavy (non-hydrogen) atoms. The van der Waals surface area contributed by atoms with Crippen LogP contribution in [0.5, 0.6) is 23.0 Å². The first-order valence-electron chi connectivity index (χ1n) is 13.7. The molecule has 2 aliphatic rings. The molecule has 0 fully saturated rings. The van der Waals surface area contributed by atoms with E-state index in [-0.39, 0.29) is 5.91 Å². The van der Waals surface area contributed by atoms with E-state index in [1.807, 2.05) is 108 Å². The summed E-state index contributed by atoms with van der Waals surface area (Å²) in [6, 6.07) is 31.0. The Kier molecular flexibility index (Phi) is 7.57. The second-order valence-corrected chi connectivity index (χ2v) is 9.87. The number of amidine groups is 1. The Morgan fingerprint density at radius 1 is 0.628 bits per heavy atom. The number of benzene rings is 4. The van der Waals surface area contributed by atoms with Gasteiger partial charge in [-0.2, -0.15) is 0 Å². The Morgan fingerprint density at radius 3 is 1.53 bits per heavy atom. The number of ether oxygens (including phenoxy) is 4. The van der Waals surface area contributed by atoms with E-state index >= 15 is 0 Å². The van der Waals surface area contributed by atoms with E-state index in [0.717, 1.165) is 50.9 Å². The van der Waals surface area contributed by atoms with Gasteiger partial charge in [0.1, 0.15) is 23.0 Å². The maximum atomic E-state index is 14.0. The highest BCUT2D eigenvalue weighted by molar-refractivity contribution is 6.46. The van der Waals surface area contributed by atoms with E-state index in [9.17, 15) is 4.79 Å². The lowest BCUT2D eigenvalue weighted by molar-refractivity contribution is -0.112. The van der Waals surface area contributed by atoms with Crippen LogP contribution < -0.4 is 23.8 Å². The number of hydrogen-bond donors (Lipinski definition) is 0. The van der Waals surface area contributed by atoms with Gasteiger partial charge in [-0.25, -0.2) is 0 Å². The largest absolute Gasteiger partial charge is 0.497 e. The third kappa shape index (κ3) is 5.19. The van der Waals surface area contributed by atoms with Crippen molar-refractivity contribution in [3.05, 3.63) is 126 Å². The summed E-state index contributed by atoms with van der Waals surface area (Å²) in [5, 5.41) is 0. The lowest BCUT2D eigenvalue weighted by Crippen LogP contribution is -2.45. The molecule has 2 aliphatic heterocycles. The van der Waals surface area contributed by atoms with E-state index < -0.39 is 0 Å². The van der Waals surface area contributed by atoms with Crippen molar-refractivity contribution in [2.75, 3.05) is 39.9 Å². The molecule has 8 nitrogen and oxygen atoms in total. The van der Waals surface area contributed by atoms with Crippen LogP contribution in [0.1, 0.15) is 16.7 Å². The highest BCUT2D eigenvalue weighted by Crippen LogP contribution is 2.40. The summed E-state index contributed by atoms with van der Waals surface area (Å²) < 4.78 is 21.6. The minimum atomic E-state index is -0.221. The van der Waals surface area contributed by atoms with Gasteiger partial charge in [-0.3, -0.25) is 19.6 Å². The first kappa shape index (κ1) is 27.7. The summed E-state index contributed by atoms with van der Waals surface area (Å²) in [7, 11) is 6.55. The number of carbonyl (C=O) groups excluding carboxylic acids is 1. The van der Waals surface area contributed by atoms with Gasteiger partial charge in [0.05, 0.1) is 46.4 Å². The third-order valence-electron chi connectivity index (χ3n) is 7.55. The topological polar surface area (TPSA) is 72.8 Å². The standard InChI is InChI=1S/C35H31N3O5/c1-40-27-13-5-23(6-14-27)32-22-37(26-11-19-30(43-4)20-12-26)35(39)34-36-21-31(38(32)34)33(24-7-15-28(41-2)16-8-24)25-9-17-29(42-3)18-10-25/h5-20,22H,21H2,1-4H3. The fourth-order valence-corrected chi connectivity index (χ4v) is 5.29. The maximum absolute atomic E-state index is 14.0. The van der Waals surface area contributed by atoms with E-state index in [1.54, 1.807) is 33.3 Å². The summed E-state index contributed by atoms with van der Waals surface area (Å²) in [4.78, 5) is 22.5. The third-order valence-corrected chi connectivity index (χ3v) is 7.55. The van der Waals surface area contributed by atoms with Crippen molar-refractivity contribution in [2.24, 2.45) is 4.99 Å². The van der Waals surface area contributed by atoms with Gasteiger partial charge in [-0.05, 0) is 83.9 Å². The van der Waals surface area contributed by atoms with Crippen molar-refractivity contribution in [1.82, 2.24) is 4.90 Å². The minimum Gasteiger partial charge on any atom is -0.497 e. The fourth-order valence-electron chi connectivity index (χ4n) is 5.29. The SMILES string of the molecule is COc1ccc(C2=CN(c3ccc(OC)cc3)C(=O)C3=NCC(=C(c4ccc(OC)cc4)c4ccc(OC)cc4)N23)cc1. The number of nitrogens with zero attached hydrogens (tertiary/aromatic N) is 3. The number of amides is 1. The van der Waals surface area contributed by atoms with Crippen molar-refractivity contribution < 1.29 is 23.7 Å². The fraction of sp³-hybridized carbons (Fsp3) is 0.143. The molecule has 6 rings (SSSR count). The van der Waals surface area contributed by atoms with Crippen molar-refractivity contribution in [1.29, 1.82) is 0 Å². The van der Waals surface area contributed by atoms with Gasteiger partial charge in [-0.15, -0.1) is 0 Å². The second kappa shape index (κ2) is 11.8. The van der Waals surface area contributed by atoms with Crippen molar-refractivity contribution in [3.63, 3.8) is 0 Å². The van der Waals surface area contributed by atoms with Crippen LogP contribution in [-0.2, 0) is 4.79 Å². The van der Waals surface area contributed by atoms with E-state index in [4.69, 9.17) is 23.9 Å². The zero-order valence-electron chi connectivity index (χ0n) is 24.4. The molecule has 0 bridgehead atoms. The lowest BCUT2D eigenvalue weighted by Gasteiger charge is -2.34. The average molecular weight is 574 g/mol. The maximum Gasteiger partial charge on any atom is 0.298 e. The van der Waals surface area contributed by atoms with Crippen LogP contribution in [0.3, 0.4) is 0 Å². The summed E-state index contributed by atoms with van der Waals surface area (Å²) in [5.74, 6) is 3.09. The minimum absolute atomic E-state index is 0.221. The zero-order chi connectivity index (χ0) is 29.9. The first-order chi connectivity index (χ1) is 21.0. The Bertz CT molecular complexity index is 1670. The number of carbonyl (C=O) groups is 1. The molecule has 8 heteroatoms. The molecule has 0 atom stereocenters. The molecule has 4 aromatic carbocycles. The molecule has 0 saturated heterocycles. The number of methoxy groups -OCH3 is 4. The zero-order valence-corrected chi connectivity index (χ0v) is 24.4. The number of rotatable bonds is 8. The van der Waals surface area contributed by atoms with Crippen LogP contribution in [0.15, 0.2) is 114 Å². The van der Waals surface area contributed by atoms with Crippen LogP contribution in [0, 0.1) is 0 Å². The lowest BCUT2D eigenvalue weighted by atomic mass is 9.94. The first-order valence-corrected chi connectivity index (χ1v) is 13.7. The van der Waals surface area contributed by atoms with E-state index in [0.29, 0.717) is 23.8 Å². The molecule has 0 radical (unpaired) electrons. The Labute approximate surface area is 250 Å². The Morgan fingerprint density at radius 2 is 1.07 bits per heavy atom. The van der Waals surface area contributed by atoms with Gasteiger partial charge < -0.3 is 18.9 Å². The highest BCUT2D eigenvalue weighted by Gasteiger charge is 2.40. The molecular weight excluding hydrogens is 542 g/mol. The molecule has 1 amide bonds. The highest BCUT2D eigenvalue weighted by atomic mass is 16.5. The Balaban J connectivity index is 1.56. The smallest absolute Gasteiger partial charge is 0.298 e. The molecule has 0 N–H and O–H groups in total. The molecule has 0 spiro atoms. The predicted octanol–water partition coefficient (Wildman–Crippen LogP) is 6.24. The van der Waals surface area contributed by atoms with Gasteiger partial charge in [0.15, 0.2) is 0 Å². The monoisotopic (exact) mass is 573 g/mol. The number of anilines is 1. The summed E-state index contributed by atoms with van der Waals surface area (Å²) in [6.45, 7) is 0.318. The average Bonchev–Trinajstić information content (AvgIpc) is 3.51. The predicted molar refractivity (Wildman–Crippen MR) is 168 cm³/mol. The van der Waals surface area contributed by atoms with Gasteiger partial charge in [-0.1, -0.05) is 24.3 Å². The quantitative estimate of drug-likeness (QED) is 0.249. The van der Waals surface area contributed by atoms with Crippen LogP contribution in [-0.4, -0.2) is 51.6 Å². The number of aliphatic imine (C=N–C) groups is 1. The van der Waals surface area contributed by atoms with E-state index in [1.165, 1.54) is 0 Å². The normalized spacial score (nSPS) is 14.1.